The lowest BCUT2D eigenvalue weighted by Crippen LogP contribution is -2.12. The highest BCUT2D eigenvalue weighted by Crippen LogP contribution is 2.24. The normalized spacial score (nSPS) is 12.1. The molecule has 0 bridgehead atoms. The van der Waals surface area contributed by atoms with Gasteiger partial charge in [-0.25, -0.2) is 0 Å². The monoisotopic (exact) mass is 261 g/mol. The zero-order chi connectivity index (χ0) is 14.1. The second-order valence-electron chi connectivity index (χ2n) is 5.09. The van der Waals surface area contributed by atoms with E-state index in [0.717, 1.165) is 30.0 Å². The van der Waals surface area contributed by atoms with Gasteiger partial charge in [0.15, 0.2) is 0 Å². The van der Waals surface area contributed by atoms with Crippen LogP contribution in [0.25, 0.3) is 0 Å². The van der Waals surface area contributed by atoms with Gasteiger partial charge in [0.2, 0.25) is 0 Å². The van der Waals surface area contributed by atoms with Crippen molar-refractivity contribution >= 4 is 5.69 Å². The lowest BCUT2D eigenvalue weighted by atomic mass is 10.0. The zero-order valence-electron chi connectivity index (χ0n) is 12.3. The summed E-state index contributed by atoms with van der Waals surface area (Å²) in [5.41, 5.74) is 7.72. The molecule has 0 saturated heterocycles. The highest BCUT2D eigenvalue weighted by Gasteiger charge is 2.09. The van der Waals surface area contributed by atoms with Gasteiger partial charge in [0.05, 0.1) is 6.61 Å². The van der Waals surface area contributed by atoms with Crippen LogP contribution in [0.2, 0.25) is 0 Å². The molecule has 19 heavy (non-hydrogen) atoms. The third kappa shape index (κ3) is 5.37. The number of nitrogen functional groups attached to an aromatic ring is 1. The van der Waals surface area contributed by atoms with E-state index in [1.165, 1.54) is 25.7 Å². The molecule has 0 spiro atoms. The first kappa shape index (κ1) is 15.6. The molecule has 0 fully saturated rings. The molecule has 1 atom stereocenters. The molecule has 1 rings (SSSR count). The molecule has 0 amide bonds. The Kier molecular flexibility index (Phi) is 7.09. The summed E-state index contributed by atoms with van der Waals surface area (Å²) in [6.07, 6.45) is 7.63. The second-order valence-corrected chi connectivity index (χ2v) is 5.09. The molecule has 0 saturated carbocycles. The highest BCUT2D eigenvalue weighted by atomic mass is 16.5. The fraction of sp³-hybridized carbons (Fsp3) is 0.529. The van der Waals surface area contributed by atoms with Crippen LogP contribution in [0.15, 0.2) is 30.9 Å². The molecule has 106 valence electrons. The van der Waals surface area contributed by atoms with E-state index < -0.39 is 0 Å². The van der Waals surface area contributed by atoms with Gasteiger partial charge in [-0.1, -0.05) is 39.2 Å². The van der Waals surface area contributed by atoms with Gasteiger partial charge in [-0.15, -0.1) is 6.58 Å². The lowest BCUT2D eigenvalue weighted by Gasteiger charge is -2.17. The Morgan fingerprint density at radius 1 is 1.37 bits per heavy atom. The molecule has 2 nitrogen and oxygen atoms in total. The number of unbranched alkanes of at least 4 members (excludes halogenated alkanes) is 1. The second kappa shape index (κ2) is 8.63. The van der Waals surface area contributed by atoms with E-state index in [4.69, 9.17) is 10.5 Å². The molecule has 2 heteroatoms. The van der Waals surface area contributed by atoms with Crippen LogP contribution in [0, 0.1) is 5.92 Å². The van der Waals surface area contributed by atoms with E-state index >= 15 is 0 Å². The van der Waals surface area contributed by atoms with Gasteiger partial charge in [-0.05, 0) is 42.5 Å². The summed E-state index contributed by atoms with van der Waals surface area (Å²) in [7, 11) is 0. The van der Waals surface area contributed by atoms with Gasteiger partial charge < -0.3 is 10.5 Å². The smallest absolute Gasteiger partial charge is 0.122 e. The summed E-state index contributed by atoms with van der Waals surface area (Å²) < 4.78 is 5.99. The average Bonchev–Trinajstić information content (AvgIpc) is 2.41. The van der Waals surface area contributed by atoms with Crippen molar-refractivity contribution in [1.82, 2.24) is 0 Å². The van der Waals surface area contributed by atoms with E-state index in [0.29, 0.717) is 5.92 Å². The number of hydrogen-bond acceptors (Lipinski definition) is 2. The Hall–Kier alpha value is -1.44. The maximum absolute atomic E-state index is 5.99. The molecule has 1 aromatic carbocycles. The lowest BCUT2D eigenvalue weighted by molar-refractivity contribution is 0.232. The Labute approximate surface area is 117 Å². The molecule has 0 heterocycles. The Morgan fingerprint density at radius 3 is 2.79 bits per heavy atom. The molecule has 1 aromatic rings. The van der Waals surface area contributed by atoms with Gasteiger partial charge >= 0.3 is 0 Å². The third-order valence-electron chi connectivity index (χ3n) is 3.47. The van der Waals surface area contributed by atoms with E-state index in [1.807, 2.05) is 24.3 Å². The van der Waals surface area contributed by atoms with E-state index in [2.05, 4.69) is 20.4 Å². The van der Waals surface area contributed by atoms with Crippen molar-refractivity contribution in [3.63, 3.8) is 0 Å². The molecule has 0 aromatic heterocycles. The molecule has 0 aliphatic carbocycles. The van der Waals surface area contributed by atoms with Crippen molar-refractivity contribution < 1.29 is 4.74 Å². The average molecular weight is 261 g/mol. The van der Waals surface area contributed by atoms with Crippen LogP contribution in [0.5, 0.6) is 5.75 Å². The molecule has 2 N–H and O–H groups in total. The maximum atomic E-state index is 5.99. The van der Waals surface area contributed by atoms with Gasteiger partial charge in [0.1, 0.15) is 5.75 Å². The Morgan fingerprint density at radius 2 is 2.16 bits per heavy atom. The number of ether oxygens (including phenoxy) is 1. The number of benzene rings is 1. The third-order valence-corrected chi connectivity index (χ3v) is 3.47. The summed E-state index contributed by atoms with van der Waals surface area (Å²) in [5, 5.41) is 0. The van der Waals surface area contributed by atoms with Crippen LogP contribution < -0.4 is 10.5 Å². The van der Waals surface area contributed by atoms with Crippen LogP contribution in [-0.4, -0.2) is 6.61 Å². The summed E-state index contributed by atoms with van der Waals surface area (Å²) in [4.78, 5) is 0. The SMILES string of the molecule is C=CCc1cc(N)ccc1OCC(CC)CCCC. The Balaban J connectivity index is 2.62. The molecule has 1 unspecified atom stereocenters. The van der Waals surface area contributed by atoms with Crippen LogP contribution in [0.1, 0.15) is 45.1 Å². The van der Waals surface area contributed by atoms with Crippen LogP contribution in [0.4, 0.5) is 5.69 Å². The number of rotatable bonds is 9. The van der Waals surface area contributed by atoms with E-state index in [9.17, 15) is 0 Å². The van der Waals surface area contributed by atoms with Crippen molar-refractivity contribution in [3.8, 4) is 5.75 Å². The van der Waals surface area contributed by atoms with Crippen LogP contribution in [-0.2, 0) is 6.42 Å². The number of allylic oxidation sites excluding steroid dienone is 1. The number of nitrogens with two attached hydrogens (primary N) is 1. The molecule has 0 radical (unpaired) electrons. The summed E-state index contributed by atoms with van der Waals surface area (Å²) in [6.45, 7) is 9.04. The minimum Gasteiger partial charge on any atom is -0.493 e. The maximum Gasteiger partial charge on any atom is 0.122 e. The van der Waals surface area contributed by atoms with Crippen molar-refractivity contribution in [3.05, 3.63) is 36.4 Å². The van der Waals surface area contributed by atoms with Crippen molar-refractivity contribution in [2.24, 2.45) is 5.92 Å². The molecule has 0 aliphatic rings. The summed E-state index contributed by atoms with van der Waals surface area (Å²) >= 11 is 0. The minimum atomic E-state index is 0.647. The van der Waals surface area contributed by atoms with E-state index in [-0.39, 0.29) is 0 Å². The van der Waals surface area contributed by atoms with Gasteiger partial charge in [0.25, 0.3) is 0 Å². The molecular formula is C17H27NO. The summed E-state index contributed by atoms with van der Waals surface area (Å²) in [6, 6.07) is 5.85. The predicted molar refractivity (Wildman–Crippen MR) is 83.6 cm³/mol. The fourth-order valence-corrected chi connectivity index (χ4v) is 2.16. The first-order valence-electron chi connectivity index (χ1n) is 7.33. The highest BCUT2D eigenvalue weighted by molar-refractivity contribution is 5.48. The van der Waals surface area contributed by atoms with Gasteiger partial charge in [-0.3, -0.25) is 0 Å². The Bertz CT molecular complexity index is 387. The topological polar surface area (TPSA) is 35.2 Å². The molecular weight excluding hydrogens is 234 g/mol. The van der Waals surface area contributed by atoms with Crippen molar-refractivity contribution in [1.29, 1.82) is 0 Å². The van der Waals surface area contributed by atoms with E-state index in [1.54, 1.807) is 0 Å². The van der Waals surface area contributed by atoms with Gasteiger partial charge in [-0.2, -0.15) is 0 Å². The fourth-order valence-electron chi connectivity index (χ4n) is 2.16. The summed E-state index contributed by atoms with van der Waals surface area (Å²) in [5.74, 6) is 1.60. The van der Waals surface area contributed by atoms with Crippen molar-refractivity contribution in [2.45, 2.75) is 46.0 Å². The standard InChI is InChI=1S/C17H27NO/c1-4-7-9-14(6-3)13-19-17-11-10-16(18)12-15(17)8-5-2/h5,10-12,14H,2,4,6-9,13,18H2,1,3H3. The van der Waals surface area contributed by atoms with Crippen molar-refractivity contribution in [2.75, 3.05) is 12.3 Å². The molecule has 0 aliphatic heterocycles. The predicted octanol–water partition coefficient (Wildman–Crippen LogP) is 4.59. The van der Waals surface area contributed by atoms with Gasteiger partial charge in [0, 0.05) is 5.69 Å². The quantitative estimate of drug-likeness (QED) is 0.521. The largest absolute Gasteiger partial charge is 0.493 e. The number of anilines is 1. The first-order chi connectivity index (χ1) is 9.21. The van der Waals surface area contributed by atoms with Crippen LogP contribution >= 0.6 is 0 Å². The first-order valence-corrected chi connectivity index (χ1v) is 7.33. The number of hydrogen-bond donors (Lipinski definition) is 1. The zero-order valence-corrected chi connectivity index (χ0v) is 12.3. The minimum absolute atomic E-state index is 0.647. The van der Waals surface area contributed by atoms with Crippen LogP contribution in [0.3, 0.4) is 0 Å².